The van der Waals surface area contributed by atoms with Crippen LogP contribution in [0.2, 0.25) is 0 Å². The monoisotopic (exact) mass is 348 g/mol. The van der Waals surface area contributed by atoms with E-state index in [1.165, 1.54) is 6.42 Å². The molecule has 5 nitrogen and oxygen atoms in total. The highest BCUT2D eigenvalue weighted by Crippen LogP contribution is 2.41. The summed E-state index contributed by atoms with van der Waals surface area (Å²) >= 11 is 1.59. The lowest BCUT2D eigenvalue weighted by Gasteiger charge is -2.41. The summed E-state index contributed by atoms with van der Waals surface area (Å²) < 4.78 is 6.12. The van der Waals surface area contributed by atoms with Crippen LogP contribution in [0.5, 0.6) is 0 Å². The van der Waals surface area contributed by atoms with Gasteiger partial charge in [-0.05, 0) is 50.0 Å². The van der Waals surface area contributed by atoms with E-state index in [0.29, 0.717) is 19.1 Å². The number of ether oxygens (including phenoxy) is 1. The van der Waals surface area contributed by atoms with Crippen LogP contribution in [0.15, 0.2) is 17.5 Å². The zero-order valence-corrected chi connectivity index (χ0v) is 14.6. The summed E-state index contributed by atoms with van der Waals surface area (Å²) in [7, 11) is 0. The first-order valence-corrected chi connectivity index (χ1v) is 9.85. The molecule has 130 valence electrons. The highest BCUT2D eigenvalue weighted by Gasteiger charge is 2.52. The maximum atomic E-state index is 13.1. The maximum Gasteiger partial charge on any atom is 0.245 e. The summed E-state index contributed by atoms with van der Waals surface area (Å²) in [5.41, 5.74) is -0.557. The van der Waals surface area contributed by atoms with Gasteiger partial charge in [0, 0.05) is 10.9 Å². The Morgan fingerprint density at radius 1 is 1.29 bits per heavy atom. The van der Waals surface area contributed by atoms with Gasteiger partial charge in [-0.15, -0.1) is 11.3 Å². The van der Waals surface area contributed by atoms with Crippen molar-refractivity contribution in [2.24, 2.45) is 0 Å². The molecule has 1 spiro atoms. The van der Waals surface area contributed by atoms with Crippen molar-refractivity contribution >= 4 is 23.2 Å². The Morgan fingerprint density at radius 3 is 2.75 bits per heavy atom. The predicted octanol–water partition coefficient (Wildman–Crippen LogP) is 2.46. The molecule has 1 aliphatic heterocycles. The summed E-state index contributed by atoms with van der Waals surface area (Å²) in [6, 6.07) is 3.76. The van der Waals surface area contributed by atoms with Gasteiger partial charge in [-0.1, -0.05) is 12.5 Å². The second-order valence-electron chi connectivity index (χ2n) is 7.14. The van der Waals surface area contributed by atoms with Gasteiger partial charge in [0.2, 0.25) is 11.8 Å². The topological polar surface area (TPSA) is 58.6 Å². The minimum absolute atomic E-state index is 0.0211. The van der Waals surface area contributed by atoms with Crippen LogP contribution in [0.25, 0.3) is 0 Å². The van der Waals surface area contributed by atoms with E-state index in [1.807, 2.05) is 17.5 Å². The molecule has 3 fully saturated rings. The highest BCUT2D eigenvalue weighted by molar-refractivity contribution is 7.10. The Bertz CT molecular complexity index is 606. The minimum atomic E-state index is -0.557. The minimum Gasteiger partial charge on any atom is -0.353 e. The third-order valence-electron chi connectivity index (χ3n) is 5.30. The second-order valence-corrected chi connectivity index (χ2v) is 8.17. The normalized spacial score (nSPS) is 25.8. The molecule has 3 aliphatic rings. The van der Waals surface area contributed by atoms with E-state index < -0.39 is 11.8 Å². The molecule has 24 heavy (non-hydrogen) atoms. The van der Waals surface area contributed by atoms with Gasteiger partial charge in [0.25, 0.3) is 0 Å². The zero-order valence-electron chi connectivity index (χ0n) is 13.8. The van der Waals surface area contributed by atoms with Crippen LogP contribution in [0.1, 0.15) is 49.8 Å². The molecule has 1 aromatic heterocycles. The van der Waals surface area contributed by atoms with E-state index in [2.05, 4.69) is 5.32 Å². The fourth-order valence-corrected chi connectivity index (χ4v) is 4.61. The fourth-order valence-electron chi connectivity index (χ4n) is 3.92. The summed E-state index contributed by atoms with van der Waals surface area (Å²) in [6.45, 7) is 0.328. The van der Waals surface area contributed by atoms with Gasteiger partial charge < -0.3 is 10.1 Å². The molecule has 0 bridgehead atoms. The molecule has 1 aromatic rings. The van der Waals surface area contributed by atoms with Crippen LogP contribution < -0.4 is 5.32 Å². The van der Waals surface area contributed by atoms with E-state index in [0.717, 1.165) is 43.4 Å². The van der Waals surface area contributed by atoms with Crippen LogP contribution >= 0.6 is 11.3 Å². The van der Waals surface area contributed by atoms with E-state index in [9.17, 15) is 9.59 Å². The zero-order chi connectivity index (χ0) is 16.6. The SMILES string of the molecule is O=C(NC1CC1)[C@H]1COC2(CCCCC2)N1C(=O)Cc1cccs1. The average Bonchev–Trinajstić information content (AvgIpc) is 3.10. The van der Waals surface area contributed by atoms with E-state index in [4.69, 9.17) is 4.74 Å². The predicted molar refractivity (Wildman–Crippen MR) is 91.6 cm³/mol. The average molecular weight is 348 g/mol. The largest absolute Gasteiger partial charge is 0.353 e. The molecule has 1 saturated heterocycles. The van der Waals surface area contributed by atoms with Gasteiger partial charge in [-0.2, -0.15) is 0 Å². The first-order chi connectivity index (χ1) is 11.7. The Morgan fingerprint density at radius 2 is 2.08 bits per heavy atom. The van der Waals surface area contributed by atoms with E-state index in [1.54, 1.807) is 16.2 Å². The van der Waals surface area contributed by atoms with Gasteiger partial charge in [0.05, 0.1) is 13.0 Å². The third-order valence-corrected chi connectivity index (χ3v) is 6.17. The Hall–Kier alpha value is -1.40. The number of amides is 2. The quantitative estimate of drug-likeness (QED) is 0.909. The van der Waals surface area contributed by atoms with Crippen molar-refractivity contribution in [2.45, 2.75) is 69.2 Å². The first kappa shape index (κ1) is 16.1. The standard InChI is InChI=1S/C18H24N2O3S/c21-16(11-14-5-4-10-24-14)20-15(17(22)19-13-6-7-13)12-23-18(20)8-2-1-3-9-18/h4-5,10,13,15H,1-3,6-9,11-12H2,(H,19,22)/t15-/m1/s1. The molecule has 0 radical (unpaired) electrons. The molecule has 6 heteroatoms. The lowest BCUT2D eigenvalue weighted by Crippen LogP contribution is -2.57. The number of nitrogens with one attached hydrogen (secondary N) is 1. The molecule has 4 rings (SSSR count). The van der Waals surface area contributed by atoms with Gasteiger partial charge in [-0.3, -0.25) is 14.5 Å². The molecule has 1 atom stereocenters. The van der Waals surface area contributed by atoms with Crippen molar-refractivity contribution < 1.29 is 14.3 Å². The first-order valence-electron chi connectivity index (χ1n) is 8.97. The third kappa shape index (κ3) is 3.09. The summed E-state index contributed by atoms with van der Waals surface area (Å²) in [6.07, 6.45) is 7.43. The van der Waals surface area contributed by atoms with Crippen LogP contribution in [0.3, 0.4) is 0 Å². The highest BCUT2D eigenvalue weighted by atomic mass is 32.1. The van der Waals surface area contributed by atoms with Crippen molar-refractivity contribution in [3.63, 3.8) is 0 Å². The summed E-state index contributed by atoms with van der Waals surface area (Å²) in [5, 5.41) is 5.03. The summed E-state index contributed by atoms with van der Waals surface area (Å²) in [4.78, 5) is 28.6. The van der Waals surface area contributed by atoms with Crippen molar-refractivity contribution in [1.82, 2.24) is 10.2 Å². The number of carbonyl (C=O) groups excluding carboxylic acids is 2. The lowest BCUT2D eigenvalue weighted by atomic mass is 9.90. The number of carbonyl (C=O) groups is 2. The van der Waals surface area contributed by atoms with Crippen molar-refractivity contribution in [2.75, 3.05) is 6.61 Å². The molecule has 2 aliphatic carbocycles. The number of nitrogens with zero attached hydrogens (tertiary/aromatic N) is 1. The van der Waals surface area contributed by atoms with Crippen LogP contribution in [-0.4, -0.2) is 41.1 Å². The molecular formula is C18H24N2O3S. The Kier molecular flexibility index (Phi) is 4.35. The number of rotatable bonds is 4. The van der Waals surface area contributed by atoms with Crippen LogP contribution in [0, 0.1) is 0 Å². The van der Waals surface area contributed by atoms with Crippen molar-refractivity contribution in [1.29, 1.82) is 0 Å². The second kappa shape index (κ2) is 6.48. The van der Waals surface area contributed by atoms with E-state index in [-0.39, 0.29) is 11.8 Å². The van der Waals surface area contributed by atoms with Gasteiger partial charge >= 0.3 is 0 Å². The molecule has 0 aromatic carbocycles. The Balaban J connectivity index is 1.56. The number of hydrogen-bond donors (Lipinski definition) is 1. The van der Waals surface area contributed by atoms with Gasteiger partial charge in [0.15, 0.2) is 0 Å². The molecular weight excluding hydrogens is 324 g/mol. The Labute approximate surface area is 146 Å². The molecule has 1 N–H and O–H groups in total. The van der Waals surface area contributed by atoms with E-state index >= 15 is 0 Å². The number of thiophene rings is 1. The maximum absolute atomic E-state index is 13.1. The van der Waals surface area contributed by atoms with Crippen molar-refractivity contribution in [3.05, 3.63) is 22.4 Å². The van der Waals surface area contributed by atoms with Crippen LogP contribution in [0.4, 0.5) is 0 Å². The molecule has 0 unspecified atom stereocenters. The lowest BCUT2D eigenvalue weighted by molar-refractivity contribution is -0.159. The smallest absolute Gasteiger partial charge is 0.245 e. The van der Waals surface area contributed by atoms with Crippen LogP contribution in [-0.2, 0) is 20.7 Å². The molecule has 2 heterocycles. The molecule has 2 amide bonds. The van der Waals surface area contributed by atoms with Crippen molar-refractivity contribution in [3.8, 4) is 0 Å². The van der Waals surface area contributed by atoms with Gasteiger partial charge in [-0.25, -0.2) is 0 Å². The van der Waals surface area contributed by atoms with Gasteiger partial charge in [0.1, 0.15) is 11.8 Å². The fraction of sp³-hybridized carbons (Fsp3) is 0.667. The summed E-state index contributed by atoms with van der Waals surface area (Å²) in [5.74, 6) is -0.0210. The molecule has 2 saturated carbocycles. The number of hydrogen-bond acceptors (Lipinski definition) is 4.